The molecule has 0 saturated heterocycles. The topological polar surface area (TPSA) is 12.0 Å². The summed E-state index contributed by atoms with van der Waals surface area (Å²) in [6, 6.07) is 5.52. The molecule has 1 rings (SSSR count). The van der Waals surface area contributed by atoms with Gasteiger partial charge >= 0.3 is 6.18 Å². The summed E-state index contributed by atoms with van der Waals surface area (Å²) < 4.78 is 40.5. The van der Waals surface area contributed by atoms with Crippen LogP contribution in [0.15, 0.2) is 24.3 Å². The molecule has 0 aromatic heterocycles. The third kappa shape index (κ3) is 3.96. The minimum absolute atomic E-state index is 0.135. The highest BCUT2D eigenvalue weighted by Crippen LogP contribution is 2.35. The van der Waals surface area contributed by atoms with Gasteiger partial charge in [-0.1, -0.05) is 37.4 Å². The number of halogens is 3. The van der Waals surface area contributed by atoms with Crippen LogP contribution in [0.4, 0.5) is 18.9 Å². The molecule has 16 heavy (non-hydrogen) atoms. The standard InChI is InChI=1S/C11H14F3NS/c1-2-3-8-16-15-10-7-5-4-6-9(10)11(12,13)14/h4-7,15H,2-3,8H2,1H3. The van der Waals surface area contributed by atoms with E-state index in [0.717, 1.165) is 24.7 Å². The van der Waals surface area contributed by atoms with Gasteiger partial charge in [-0.15, -0.1) is 0 Å². The average molecular weight is 249 g/mol. The SMILES string of the molecule is CCCCSNc1ccccc1C(F)(F)F. The van der Waals surface area contributed by atoms with Crippen molar-refractivity contribution in [3.05, 3.63) is 29.8 Å². The van der Waals surface area contributed by atoms with Crippen LogP contribution in [0, 0.1) is 0 Å². The fraction of sp³-hybridized carbons (Fsp3) is 0.455. The molecule has 1 aromatic rings. The van der Waals surface area contributed by atoms with Crippen molar-refractivity contribution in [3.8, 4) is 0 Å². The van der Waals surface area contributed by atoms with E-state index in [-0.39, 0.29) is 5.69 Å². The van der Waals surface area contributed by atoms with E-state index in [0.29, 0.717) is 0 Å². The van der Waals surface area contributed by atoms with Crippen LogP contribution in [0.5, 0.6) is 0 Å². The largest absolute Gasteiger partial charge is 0.418 e. The summed E-state index contributed by atoms with van der Waals surface area (Å²) in [7, 11) is 0. The zero-order chi connectivity index (χ0) is 12.0. The van der Waals surface area contributed by atoms with Gasteiger partial charge in [0.2, 0.25) is 0 Å². The first-order valence-corrected chi connectivity index (χ1v) is 6.08. The number of anilines is 1. The second-order valence-corrected chi connectivity index (χ2v) is 4.25. The van der Waals surface area contributed by atoms with Crippen molar-refractivity contribution in [2.45, 2.75) is 25.9 Å². The zero-order valence-electron chi connectivity index (χ0n) is 8.97. The molecular weight excluding hydrogens is 235 g/mol. The van der Waals surface area contributed by atoms with Gasteiger partial charge in [-0.05, 0) is 18.6 Å². The fourth-order valence-corrected chi connectivity index (χ4v) is 2.03. The molecule has 90 valence electrons. The molecule has 0 unspecified atom stereocenters. The smallest absolute Gasteiger partial charge is 0.329 e. The molecule has 0 amide bonds. The lowest BCUT2D eigenvalue weighted by Gasteiger charge is -2.13. The molecule has 0 aliphatic carbocycles. The maximum Gasteiger partial charge on any atom is 0.418 e. The van der Waals surface area contributed by atoms with Crippen LogP contribution in [0.3, 0.4) is 0 Å². The third-order valence-electron chi connectivity index (χ3n) is 2.01. The number of rotatable bonds is 5. The lowest BCUT2D eigenvalue weighted by Crippen LogP contribution is -2.08. The Balaban J connectivity index is 2.65. The molecule has 5 heteroatoms. The summed E-state index contributed by atoms with van der Waals surface area (Å²) in [5.41, 5.74) is -0.477. The van der Waals surface area contributed by atoms with Crippen molar-refractivity contribution in [1.82, 2.24) is 0 Å². The van der Waals surface area contributed by atoms with Crippen LogP contribution >= 0.6 is 11.9 Å². The van der Waals surface area contributed by atoms with Gasteiger partial charge in [0, 0.05) is 5.75 Å². The number of hydrogen-bond donors (Lipinski definition) is 1. The number of unbranched alkanes of at least 4 members (excludes halogenated alkanes) is 1. The van der Waals surface area contributed by atoms with Crippen molar-refractivity contribution in [1.29, 1.82) is 0 Å². The van der Waals surface area contributed by atoms with E-state index in [2.05, 4.69) is 4.72 Å². The predicted octanol–water partition coefficient (Wildman–Crippen LogP) is 4.57. The van der Waals surface area contributed by atoms with E-state index in [1.54, 1.807) is 6.07 Å². The Labute approximate surface area is 97.6 Å². The first kappa shape index (κ1) is 13.2. The third-order valence-corrected chi connectivity index (χ3v) is 2.87. The molecule has 1 nitrogen and oxygen atoms in total. The van der Waals surface area contributed by atoms with Gasteiger partial charge in [0.15, 0.2) is 0 Å². The highest BCUT2D eigenvalue weighted by Gasteiger charge is 2.33. The number of para-hydroxylation sites is 1. The summed E-state index contributed by atoms with van der Waals surface area (Å²) in [6.45, 7) is 2.05. The Morgan fingerprint density at radius 2 is 1.94 bits per heavy atom. The van der Waals surface area contributed by atoms with Gasteiger partial charge in [-0.3, -0.25) is 0 Å². The lowest BCUT2D eigenvalue weighted by atomic mass is 10.2. The molecule has 0 bridgehead atoms. The summed E-state index contributed by atoms with van der Waals surface area (Å²) in [6.07, 6.45) is -2.27. The second kappa shape index (κ2) is 6.03. The average Bonchev–Trinajstić information content (AvgIpc) is 2.24. The lowest BCUT2D eigenvalue weighted by molar-refractivity contribution is -0.136. The van der Waals surface area contributed by atoms with E-state index >= 15 is 0 Å². The molecule has 0 heterocycles. The van der Waals surface area contributed by atoms with Gasteiger partial charge in [0.25, 0.3) is 0 Å². The normalized spacial score (nSPS) is 11.5. The highest BCUT2D eigenvalue weighted by atomic mass is 32.2. The predicted molar refractivity (Wildman–Crippen MR) is 62.4 cm³/mol. The monoisotopic (exact) mass is 249 g/mol. The van der Waals surface area contributed by atoms with E-state index in [1.807, 2.05) is 6.92 Å². The molecular formula is C11H14F3NS. The second-order valence-electron chi connectivity index (χ2n) is 3.35. The van der Waals surface area contributed by atoms with Crippen molar-refractivity contribution in [3.63, 3.8) is 0 Å². The van der Waals surface area contributed by atoms with Crippen LogP contribution in [-0.4, -0.2) is 5.75 Å². The molecule has 0 aliphatic heterocycles. The number of benzene rings is 1. The van der Waals surface area contributed by atoms with Gasteiger partial charge < -0.3 is 4.72 Å². The Morgan fingerprint density at radius 1 is 1.25 bits per heavy atom. The van der Waals surface area contributed by atoms with Crippen molar-refractivity contribution >= 4 is 17.6 Å². The van der Waals surface area contributed by atoms with Crippen molar-refractivity contribution in [2.24, 2.45) is 0 Å². The first-order chi connectivity index (χ1) is 7.55. The van der Waals surface area contributed by atoms with Crippen LogP contribution in [0.2, 0.25) is 0 Å². The molecule has 0 spiro atoms. The molecule has 1 N–H and O–H groups in total. The van der Waals surface area contributed by atoms with E-state index < -0.39 is 11.7 Å². The van der Waals surface area contributed by atoms with E-state index in [9.17, 15) is 13.2 Å². The highest BCUT2D eigenvalue weighted by molar-refractivity contribution is 8.00. The first-order valence-electron chi connectivity index (χ1n) is 5.09. The Morgan fingerprint density at radius 3 is 2.56 bits per heavy atom. The van der Waals surface area contributed by atoms with Gasteiger partial charge in [0.05, 0.1) is 11.3 Å². The molecule has 0 aliphatic rings. The summed E-state index contributed by atoms with van der Waals surface area (Å²) in [5.74, 6) is 0.808. The Kier molecular flexibility index (Phi) is 4.99. The van der Waals surface area contributed by atoms with E-state index in [1.165, 1.54) is 24.1 Å². The van der Waals surface area contributed by atoms with E-state index in [4.69, 9.17) is 0 Å². The van der Waals surface area contributed by atoms with Gasteiger partial charge in [-0.2, -0.15) is 13.2 Å². The van der Waals surface area contributed by atoms with Gasteiger partial charge in [0.1, 0.15) is 0 Å². The quantitative estimate of drug-likeness (QED) is 0.606. The number of alkyl halides is 3. The summed E-state index contributed by atoms with van der Waals surface area (Å²) >= 11 is 1.31. The molecule has 0 saturated carbocycles. The van der Waals surface area contributed by atoms with Crippen LogP contribution in [0.25, 0.3) is 0 Å². The summed E-state index contributed by atoms with van der Waals surface area (Å²) in [4.78, 5) is 0. The van der Waals surface area contributed by atoms with Crippen LogP contribution < -0.4 is 4.72 Å². The number of nitrogens with one attached hydrogen (secondary N) is 1. The fourth-order valence-electron chi connectivity index (χ4n) is 1.16. The van der Waals surface area contributed by atoms with Crippen molar-refractivity contribution < 1.29 is 13.2 Å². The van der Waals surface area contributed by atoms with Crippen LogP contribution in [-0.2, 0) is 6.18 Å². The summed E-state index contributed by atoms with van der Waals surface area (Å²) in [5, 5.41) is 0. The van der Waals surface area contributed by atoms with Gasteiger partial charge in [-0.25, -0.2) is 0 Å². The zero-order valence-corrected chi connectivity index (χ0v) is 9.79. The molecule has 0 fully saturated rings. The maximum absolute atomic E-state index is 12.6. The molecule has 0 radical (unpaired) electrons. The minimum Gasteiger partial charge on any atom is -0.329 e. The Hall–Kier alpha value is -0.840. The molecule has 1 aromatic carbocycles. The van der Waals surface area contributed by atoms with Crippen molar-refractivity contribution in [2.75, 3.05) is 10.5 Å². The number of hydrogen-bond acceptors (Lipinski definition) is 2. The van der Waals surface area contributed by atoms with Crippen LogP contribution in [0.1, 0.15) is 25.3 Å². The minimum atomic E-state index is -4.30. The maximum atomic E-state index is 12.6. The Bertz CT molecular complexity index is 325. The molecule has 0 atom stereocenters.